The third-order valence-electron chi connectivity index (χ3n) is 3.39. The Kier molecular flexibility index (Phi) is 4.23. The van der Waals surface area contributed by atoms with Gasteiger partial charge in [-0.3, -0.25) is 4.79 Å². The topological polar surface area (TPSA) is 29.1 Å². The van der Waals surface area contributed by atoms with Gasteiger partial charge in [0.15, 0.2) is 0 Å². The van der Waals surface area contributed by atoms with E-state index in [1.165, 1.54) is 0 Å². The number of carbonyl (C=O) groups excluding carboxylic acids is 1. The van der Waals surface area contributed by atoms with Crippen LogP contribution in [0.5, 0.6) is 0 Å². The molecule has 1 fully saturated rings. The van der Waals surface area contributed by atoms with Crippen LogP contribution in [0.1, 0.15) is 30.4 Å². The molecule has 1 saturated carbocycles. The fourth-order valence-corrected chi connectivity index (χ4v) is 2.63. The van der Waals surface area contributed by atoms with Crippen LogP contribution in [0, 0.1) is 6.92 Å². The van der Waals surface area contributed by atoms with Gasteiger partial charge < -0.3 is 5.32 Å². The number of hydrogen-bond donors (Lipinski definition) is 1. The summed E-state index contributed by atoms with van der Waals surface area (Å²) in [6.07, 6.45) is 0.503. The number of nitrogens with one attached hydrogen (secondary N) is 1. The van der Waals surface area contributed by atoms with Crippen molar-refractivity contribution in [2.24, 2.45) is 0 Å². The lowest BCUT2D eigenvalue weighted by Crippen LogP contribution is -2.50. The number of amides is 1. The van der Waals surface area contributed by atoms with Gasteiger partial charge in [0.05, 0.1) is 0 Å². The summed E-state index contributed by atoms with van der Waals surface area (Å²) in [7, 11) is 0. The number of benzene rings is 1. The van der Waals surface area contributed by atoms with E-state index < -0.39 is 5.92 Å². The van der Waals surface area contributed by atoms with Crippen LogP contribution in [0.4, 0.5) is 8.78 Å². The lowest BCUT2D eigenvalue weighted by atomic mass is 9.88. The van der Waals surface area contributed by atoms with Crippen LogP contribution in [0.3, 0.4) is 0 Å². The Morgan fingerprint density at radius 3 is 2.79 bits per heavy atom. The van der Waals surface area contributed by atoms with Gasteiger partial charge in [-0.1, -0.05) is 22.0 Å². The minimum absolute atomic E-state index is 0.153. The SMILES string of the molecule is Cc1ccc(Br)cc1CCC(=O)NC1CC(F)(F)C1. The fraction of sp³-hybridized carbons (Fsp3) is 0.500. The maximum Gasteiger partial charge on any atom is 0.252 e. The van der Waals surface area contributed by atoms with E-state index in [2.05, 4.69) is 21.2 Å². The molecule has 0 aromatic heterocycles. The highest BCUT2D eigenvalue weighted by molar-refractivity contribution is 9.10. The van der Waals surface area contributed by atoms with Gasteiger partial charge in [0.2, 0.25) is 5.91 Å². The normalized spacial score (nSPS) is 17.9. The Morgan fingerprint density at radius 2 is 2.16 bits per heavy atom. The van der Waals surface area contributed by atoms with Crippen molar-refractivity contribution in [2.45, 2.75) is 44.6 Å². The first-order chi connectivity index (χ1) is 8.85. The molecule has 2 rings (SSSR count). The smallest absolute Gasteiger partial charge is 0.252 e. The van der Waals surface area contributed by atoms with Crippen molar-refractivity contribution in [2.75, 3.05) is 0 Å². The molecule has 0 aliphatic heterocycles. The van der Waals surface area contributed by atoms with E-state index in [1.807, 2.05) is 25.1 Å². The Morgan fingerprint density at radius 1 is 1.47 bits per heavy atom. The highest BCUT2D eigenvalue weighted by Crippen LogP contribution is 2.37. The maximum absolute atomic E-state index is 12.6. The Balaban J connectivity index is 1.79. The Labute approximate surface area is 119 Å². The fourth-order valence-electron chi connectivity index (χ4n) is 2.22. The average molecular weight is 332 g/mol. The largest absolute Gasteiger partial charge is 0.353 e. The molecule has 1 N–H and O–H groups in total. The van der Waals surface area contributed by atoms with E-state index in [1.54, 1.807) is 0 Å². The van der Waals surface area contributed by atoms with Crippen molar-refractivity contribution in [3.63, 3.8) is 0 Å². The molecule has 0 atom stereocenters. The molecule has 2 nitrogen and oxygen atoms in total. The van der Waals surface area contributed by atoms with Gasteiger partial charge in [-0.05, 0) is 36.6 Å². The second-order valence-electron chi connectivity index (χ2n) is 5.10. The molecule has 0 bridgehead atoms. The number of aryl methyl sites for hydroxylation is 2. The molecular formula is C14H16BrF2NO. The first-order valence-corrected chi connectivity index (χ1v) is 7.07. The first-order valence-electron chi connectivity index (χ1n) is 6.28. The Bertz CT molecular complexity index is 482. The van der Waals surface area contributed by atoms with Gasteiger partial charge in [-0.2, -0.15) is 0 Å². The van der Waals surface area contributed by atoms with E-state index >= 15 is 0 Å². The van der Waals surface area contributed by atoms with Gasteiger partial charge in [0, 0.05) is 29.8 Å². The third-order valence-corrected chi connectivity index (χ3v) is 3.88. The zero-order chi connectivity index (χ0) is 14.0. The lowest BCUT2D eigenvalue weighted by molar-refractivity contribution is -0.129. The van der Waals surface area contributed by atoms with Crippen molar-refractivity contribution in [3.05, 3.63) is 33.8 Å². The number of hydrogen-bond acceptors (Lipinski definition) is 1. The van der Waals surface area contributed by atoms with Crippen LogP contribution < -0.4 is 5.32 Å². The summed E-state index contributed by atoms with van der Waals surface area (Å²) in [6.45, 7) is 1.99. The number of alkyl halides is 2. The minimum Gasteiger partial charge on any atom is -0.353 e. The van der Waals surface area contributed by atoms with E-state index in [4.69, 9.17) is 0 Å². The van der Waals surface area contributed by atoms with Gasteiger partial charge >= 0.3 is 0 Å². The monoisotopic (exact) mass is 331 g/mol. The molecule has 1 aromatic rings. The second-order valence-corrected chi connectivity index (χ2v) is 6.02. The summed E-state index contributed by atoms with van der Waals surface area (Å²) >= 11 is 3.39. The molecule has 0 radical (unpaired) electrons. The summed E-state index contributed by atoms with van der Waals surface area (Å²) in [6, 6.07) is 5.57. The molecular weight excluding hydrogens is 316 g/mol. The molecule has 1 aliphatic rings. The van der Waals surface area contributed by atoms with Crippen LogP contribution in [0.2, 0.25) is 0 Å². The minimum atomic E-state index is -2.58. The van der Waals surface area contributed by atoms with Gasteiger partial charge in [0.25, 0.3) is 5.92 Å². The lowest BCUT2D eigenvalue weighted by Gasteiger charge is -2.35. The van der Waals surface area contributed by atoms with Crippen molar-refractivity contribution in [3.8, 4) is 0 Å². The molecule has 1 aliphatic carbocycles. The van der Waals surface area contributed by atoms with Gasteiger partial charge in [0.1, 0.15) is 0 Å². The highest BCUT2D eigenvalue weighted by Gasteiger charge is 2.45. The molecule has 0 saturated heterocycles. The van der Waals surface area contributed by atoms with E-state index in [0.717, 1.165) is 15.6 Å². The third kappa shape index (κ3) is 4.00. The van der Waals surface area contributed by atoms with Gasteiger partial charge in [-0.15, -0.1) is 0 Å². The number of carbonyl (C=O) groups is 1. The molecule has 0 unspecified atom stereocenters. The standard InChI is InChI=1S/C14H16BrF2NO/c1-9-2-4-11(15)6-10(9)3-5-13(19)18-12-7-14(16,17)8-12/h2,4,6,12H,3,5,7-8H2,1H3,(H,18,19). The molecule has 0 spiro atoms. The molecule has 1 aromatic carbocycles. The number of rotatable bonds is 4. The average Bonchev–Trinajstić information content (AvgIpc) is 2.28. The van der Waals surface area contributed by atoms with Crippen molar-refractivity contribution in [1.29, 1.82) is 0 Å². The molecule has 5 heteroatoms. The van der Waals surface area contributed by atoms with E-state index in [0.29, 0.717) is 12.8 Å². The summed E-state index contributed by atoms with van der Waals surface area (Å²) in [5.41, 5.74) is 2.23. The first kappa shape index (κ1) is 14.4. The molecule has 0 heterocycles. The summed E-state index contributed by atoms with van der Waals surface area (Å²) in [5.74, 6) is -2.74. The second kappa shape index (κ2) is 5.57. The maximum atomic E-state index is 12.6. The van der Waals surface area contributed by atoms with E-state index in [9.17, 15) is 13.6 Å². The zero-order valence-electron chi connectivity index (χ0n) is 10.7. The molecule has 1 amide bonds. The van der Waals surface area contributed by atoms with Crippen LogP contribution in [-0.4, -0.2) is 17.9 Å². The van der Waals surface area contributed by atoms with Gasteiger partial charge in [-0.25, -0.2) is 8.78 Å². The van der Waals surface area contributed by atoms with Crippen LogP contribution >= 0.6 is 15.9 Å². The highest BCUT2D eigenvalue weighted by atomic mass is 79.9. The molecule has 19 heavy (non-hydrogen) atoms. The predicted molar refractivity (Wildman–Crippen MR) is 73.3 cm³/mol. The van der Waals surface area contributed by atoms with Crippen LogP contribution in [0.15, 0.2) is 22.7 Å². The summed E-state index contributed by atoms with van der Waals surface area (Å²) in [4.78, 5) is 11.7. The van der Waals surface area contributed by atoms with Crippen molar-refractivity contribution in [1.82, 2.24) is 5.32 Å². The predicted octanol–water partition coefficient (Wildman–Crippen LogP) is 3.60. The summed E-state index contributed by atoms with van der Waals surface area (Å²) in [5, 5.41) is 2.65. The quantitative estimate of drug-likeness (QED) is 0.897. The Hall–Kier alpha value is -0.970. The van der Waals surface area contributed by atoms with E-state index in [-0.39, 0.29) is 24.8 Å². The zero-order valence-corrected chi connectivity index (χ0v) is 12.3. The number of halogens is 3. The van der Waals surface area contributed by atoms with Crippen molar-refractivity contribution < 1.29 is 13.6 Å². The van der Waals surface area contributed by atoms with Crippen LogP contribution in [-0.2, 0) is 11.2 Å². The van der Waals surface area contributed by atoms with Crippen LogP contribution in [0.25, 0.3) is 0 Å². The van der Waals surface area contributed by atoms with Crippen molar-refractivity contribution >= 4 is 21.8 Å². The molecule has 104 valence electrons. The summed E-state index contributed by atoms with van der Waals surface area (Å²) < 4.78 is 26.2.